The van der Waals surface area contributed by atoms with E-state index in [0.717, 1.165) is 95.6 Å². The molecule has 79 heavy (non-hydrogen) atoms. The van der Waals surface area contributed by atoms with E-state index in [9.17, 15) is 28.8 Å². The van der Waals surface area contributed by atoms with Gasteiger partial charge in [0.15, 0.2) is 33.5 Å². The number of fused-ring (bicyclic) bond motifs is 6. The number of aryl methyl sites for hydroxylation is 6. The van der Waals surface area contributed by atoms with Gasteiger partial charge in [-0.1, -0.05) is 54.6 Å². The van der Waals surface area contributed by atoms with E-state index < -0.39 is 11.2 Å². The Morgan fingerprint density at radius 2 is 0.797 bits per heavy atom. The number of halogens is 1. The van der Waals surface area contributed by atoms with E-state index in [4.69, 9.17) is 24.9 Å². The molecule has 3 aromatic carbocycles. The summed E-state index contributed by atoms with van der Waals surface area (Å²) in [5, 5.41) is 3.36. The average Bonchev–Trinajstić information content (AvgIpc) is 4.34. The fraction of sp³-hybridized carbons (Fsp3) is 0.263. The first-order valence-corrected chi connectivity index (χ1v) is 26.1. The second-order valence-corrected chi connectivity index (χ2v) is 18.8. The molecule has 12 aromatic rings. The van der Waals surface area contributed by atoms with Gasteiger partial charge in [0.2, 0.25) is 0 Å². The number of aromatic amines is 1. The average molecular weight is 1090 g/mol. The standard InChI is InChI=1S/2C19H18N4O3.C12H13ClO.C7H6N4O2/c2*1-22-17-16(20-9-10-21-17)18(24)23(19(22)25)11-5-4-7-14-12-13-6-2-3-8-15(13)26-14;13-8-4-3-6-11-9-10-5-1-2-7-12(10)14-11;1-11-5-4(8-2-3-9-5)6(12)10-7(11)13/h2*2-3,6,8-10,12H,4-5,7,11H2,1H3;1-2,5,7,9H,3-4,6,8H2;2-3H,1H3,(H,10,12,13). The Morgan fingerprint density at radius 3 is 1.19 bits per heavy atom. The second kappa shape index (κ2) is 25.2. The lowest BCUT2D eigenvalue weighted by molar-refractivity contribution is 0.506. The Kier molecular flexibility index (Phi) is 17.4. The Labute approximate surface area is 453 Å². The van der Waals surface area contributed by atoms with E-state index >= 15 is 0 Å². The zero-order valence-corrected chi connectivity index (χ0v) is 44.3. The van der Waals surface area contributed by atoms with Crippen molar-refractivity contribution >= 4 is 78.0 Å². The third-order valence-corrected chi connectivity index (χ3v) is 13.3. The number of nitrogens with zero attached hydrogens (tertiary/aromatic N) is 11. The lowest BCUT2D eigenvalue weighted by Crippen LogP contribution is -2.39. The van der Waals surface area contributed by atoms with Crippen molar-refractivity contribution < 1.29 is 13.3 Å². The van der Waals surface area contributed by atoms with Crippen LogP contribution in [0.25, 0.3) is 66.4 Å². The van der Waals surface area contributed by atoms with Crippen molar-refractivity contribution in [1.29, 1.82) is 0 Å². The van der Waals surface area contributed by atoms with Crippen LogP contribution in [0.2, 0.25) is 0 Å². The number of hydrogen-bond donors (Lipinski definition) is 1. The molecule has 1 N–H and O–H groups in total. The number of hydrogen-bond acceptors (Lipinski definition) is 15. The Morgan fingerprint density at radius 1 is 0.443 bits per heavy atom. The van der Waals surface area contributed by atoms with Gasteiger partial charge in [-0.15, -0.1) is 11.6 Å². The Balaban J connectivity index is 0.000000134. The van der Waals surface area contributed by atoms with Crippen molar-refractivity contribution in [3.8, 4) is 0 Å². The summed E-state index contributed by atoms with van der Waals surface area (Å²) in [4.78, 5) is 98.3. The van der Waals surface area contributed by atoms with Gasteiger partial charge in [0, 0.05) is 113 Å². The first-order chi connectivity index (χ1) is 38.4. The van der Waals surface area contributed by atoms with Gasteiger partial charge in [-0.05, 0) is 74.9 Å². The predicted molar refractivity (Wildman–Crippen MR) is 302 cm³/mol. The number of aromatic nitrogens is 12. The molecule has 0 saturated heterocycles. The van der Waals surface area contributed by atoms with Gasteiger partial charge >= 0.3 is 17.1 Å². The van der Waals surface area contributed by atoms with E-state index in [1.165, 1.54) is 72.5 Å². The van der Waals surface area contributed by atoms with Crippen LogP contribution < -0.4 is 33.7 Å². The van der Waals surface area contributed by atoms with Gasteiger partial charge < -0.3 is 13.3 Å². The number of rotatable bonds is 14. The van der Waals surface area contributed by atoms with Crippen LogP contribution in [-0.2, 0) is 53.5 Å². The lowest BCUT2D eigenvalue weighted by Gasteiger charge is -2.08. The molecular formula is C57H55ClN12O9. The van der Waals surface area contributed by atoms with E-state index in [2.05, 4.69) is 47.0 Å². The van der Waals surface area contributed by atoms with Crippen LogP contribution in [-0.4, -0.2) is 63.6 Å². The normalized spacial score (nSPS) is 11.2. The lowest BCUT2D eigenvalue weighted by atomic mass is 10.2. The van der Waals surface area contributed by atoms with Crippen molar-refractivity contribution in [1.82, 2.24) is 57.7 Å². The molecule has 404 valence electrons. The van der Waals surface area contributed by atoms with Crippen LogP contribution in [0.3, 0.4) is 0 Å². The Hall–Kier alpha value is -9.37. The van der Waals surface area contributed by atoms with Crippen LogP contribution in [0.15, 0.2) is 170 Å². The number of H-pyrrole nitrogens is 1. The smallest absolute Gasteiger partial charge is 0.332 e. The zero-order chi connectivity index (χ0) is 55.4. The molecular weight excluding hydrogens is 1030 g/mol. The van der Waals surface area contributed by atoms with E-state index in [-0.39, 0.29) is 44.7 Å². The van der Waals surface area contributed by atoms with Crippen LogP contribution in [0.1, 0.15) is 55.8 Å². The molecule has 0 atom stereocenters. The largest absolute Gasteiger partial charge is 0.461 e. The molecule has 0 aliphatic rings. The van der Waals surface area contributed by atoms with Gasteiger partial charge in [0.05, 0.1) is 0 Å². The predicted octanol–water partition coefficient (Wildman–Crippen LogP) is 7.53. The molecule has 0 bridgehead atoms. The highest BCUT2D eigenvalue weighted by molar-refractivity contribution is 6.17. The van der Waals surface area contributed by atoms with E-state index in [1.54, 1.807) is 14.1 Å². The fourth-order valence-corrected chi connectivity index (χ4v) is 9.09. The summed E-state index contributed by atoms with van der Waals surface area (Å²) in [6, 6.07) is 30.0. The van der Waals surface area contributed by atoms with Gasteiger partial charge in [-0.25, -0.2) is 44.3 Å². The van der Waals surface area contributed by atoms with E-state index in [0.29, 0.717) is 37.2 Å². The topological polar surface area (TPSA) is 260 Å². The second-order valence-electron chi connectivity index (χ2n) is 18.4. The highest BCUT2D eigenvalue weighted by atomic mass is 35.5. The van der Waals surface area contributed by atoms with Gasteiger partial charge in [-0.2, -0.15) is 0 Å². The molecule has 0 aliphatic carbocycles. The number of unbranched alkanes of at least 4 members (excludes halogenated alkanes) is 3. The number of alkyl halides is 1. The summed E-state index contributed by atoms with van der Waals surface area (Å²) >= 11 is 5.62. The number of benzene rings is 3. The van der Waals surface area contributed by atoms with Crippen molar-refractivity contribution in [2.75, 3.05) is 5.88 Å². The molecule has 0 radical (unpaired) electrons. The minimum Gasteiger partial charge on any atom is -0.461 e. The van der Waals surface area contributed by atoms with Gasteiger partial charge in [0.25, 0.3) is 16.7 Å². The zero-order valence-electron chi connectivity index (χ0n) is 43.6. The molecule has 12 rings (SSSR count). The minimum absolute atomic E-state index is 0.171. The summed E-state index contributed by atoms with van der Waals surface area (Å²) in [5.41, 5.74) is 1.72. The first-order valence-electron chi connectivity index (χ1n) is 25.6. The van der Waals surface area contributed by atoms with Crippen molar-refractivity contribution in [2.45, 2.75) is 70.9 Å². The minimum atomic E-state index is -0.508. The van der Waals surface area contributed by atoms with E-state index in [1.807, 2.05) is 78.9 Å². The number of furan rings is 3. The maximum absolute atomic E-state index is 12.5. The molecule has 0 unspecified atom stereocenters. The molecule has 0 spiro atoms. The molecule has 0 amide bonds. The summed E-state index contributed by atoms with van der Waals surface area (Å²) in [7, 11) is 4.72. The summed E-state index contributed by atoms with van der Waals surface area (Å²) < 4.78 is 23.7. The third kappa shape index (κ3) is 12.6. The molecule has 0 aliphatic heterocycles. The summed E-state index contributed by atoms with van der Waals surface area (Å²) in [5.74, 6) is 3.63. The SMILES string of the molecule is ClCCCCc1cc2ccccc2o1.Cn1c(=O)[nH]c(=O)c2nccnc21.Cn1c(=O)n(CCCCc2cc3ccccc3o2)c(=O)c2nccnc21.Cn1c(=O)n(CCCCc2cc3ccccc3o2)c(=O)c2nccnc21. The fourth-order valence-electron chi connectivity index (χ4n) is 8.91. The first kappa shape index (κ1) is 54.4. The van der Waals surface area contributed by atoms with Crippen molar-refractivity contribution in [3.63, 3.8) is 0 Å². The molecule has 9 heterocycles. The molecule has 22 heteroatoms. The summed E-state index contributed by atoms with van der Waals surface area (Å²) in [6.07, 6.45) is 16.4. The van der Waals surface area contributed by atoms with Crippen LogP contribution >= 0.6 is 11.6 Å². The maximum Gasteiger partial charge on any atom is 0.332 e. The summed E-state index contributed by atoms with van der Waals surface area (Å²) in [6.45, 7) is 0.691. The third-order valence-electron chi connectivity index (χ3n) is 13.0. The maximum atomic E-state index is 12.5. The highest BCUT2D eigenvalue weighted by Crippen LogP contribution is 2.22. The monoisotopic (exact) mass is 1090 g/mol. The van der Waals surface area contributed by atoms with Crippen LogP contribution in [0, 0.1) is 0 Å². The molecule has 21 nitrogen and oxygen atoms in total. The van der Waals surface area contributed by atoms with Crippen molar-refractivity contribution in [2.24, 2.45) is 21.1 Å². The molecule has 9 aromatic heterocycles. The quantitative estimate of drug-likeness (QED) is 0.0815. The van der Waals surface area contributed by atoms with Crippen molar-refractivity contribution in [3.05, 3.63) is 208 Å². The Bertz CT molecular complexity index is 4180. The van der Waals surface area contributed by atoms with Crippen LogP contribution in [0.4, 0.5) is 0 Å². The number of para-hydroxylation sites is 3. The van der Waals surface area contributed by atoms with Gasteiger partial charge in [0.1, 0.15) is 34.0 Å². The number of nitrogens with one attached hydrogen (secondary N) is 1. The highest BCUT2D eigenvalue weighted by Gasteiger charge is 2.15. The molecule has 0 fully saturated rings. The molecule has 0 saturated carbocycles. The van der Waals surface area contributed by atoms with Crippen LogP contribution in [0.5, 0.6) is 0 Å². The van der Waals surface area contributed by atoms with Gasteiger partial charge in [-0.3, -0.25) is 42.2 Å².